The average molecular weight is 236 g/mol. The molecule has 1 fully saturated rings. The van der Waals surface area contributed by atoms with Crippen LogP contribution in [0.1, 0.15) is 29.9 Å². The monoisotopic (exact) mass is 236 g/mol. The van der Waals surface area contributed by atoms with Gasteiger partial charge in [-0.05, 0) is 20.8 Å². The molecular weight excluding hydrogens is 216 g/mol. The van der Waals surface area contributed by atoms with Gasteiger partial charge in [-0.25, -0.2) is 0 Å². The van der Waals surface area contributed by atoms with Gasteiger partial charge in [-0.1, -0.05) is 0 Å². The van der Waals surface area contributed by atoms with Crippen molar-refractivity contribution in [1.82, 2.24) is 20.0 Å². The first kappa shape index (κ1) is 12.1. The highest BCUT2D eigenvalue weighted by molar-refractivity contribution is 5.95. The second kappa shape index (κ2) is 4.49. The fraction of sp³-hybridized carbons (Fsp3) is 0.667. The minimum absolute atomic E-state index is 0.0933. The van der Waals surface area contributed by atoms with Crippen molar-refractivity contribution < 1.29 is 4.79 Å². The number of hydrogen-bond acceptors (Lipinski definition) is 3. The summed E-state index contributed by atoms with van der Waals surface area (Å²) < 4.78 is 1.69. The van der Waals surface area contributed by atoms with Gasteiger partial charge in [0.2, 0.25) is 0 Å². The van der Waals surface area contributed by atoms with Crippen molar-refractivity contribution >= 4 is 5.91 Å². The normalized spacial score (nSPS) is 25.1. The van der Waals surface area contributed by atoms with Crippen molar-refractivity contribution in [3.8, 4) is 0 Å². The lowest BCUT2D eigenvalue weighted by molar-refractivity contribution is 0.0673. The van der Waals surface area contributed by atoms with E-state index in [4.69, 9.17) is 0 Å². The van der Waals surface area contributed by atoms with Crippen LogP contribution in [0, 0.1) is 6.92 Å². The van der Waals surface area contributed by atoms with Crippen molar-refractivity contribution in [3.05, 3.63) is 17.5 Å². The minimum atomic E-state index is 0.0933. The molecule has 5 heteroatoms. The van der Waals surface area contributed by atoms with Crippen LogP contribution >= 0.6 is 0 Å². The number of aromatic nitrogens is 2. The number of carbonyl (C=O) groups is 1. The van der Waals surface area contributed by atoms with E-state index in [1.807, 2.05) is 18.9 Å². The molecular formula is C12H20N4O. The maximum atomic E-state index is 12.4. The summed E-state index contributed by atoms with van der Waals surface area (Å²) in [6, 6.07) is 0.694. The Morgan fingerprint density at radius 2 is 2.00 bits per heavy atom. The molecule has 1 saturated heterocycles. The van der Waals surface area contributed by atoms with E-state index in [0.29, 0.717) is 17.6 Å². The Labute approximate surface area is 102 Å². The smallest absolute Gasteiger partial charge is 0.257 e. The van der Waals surface area contributed by atoms with Gasteiger partial charge in [0, 0.05) is 38.4 Å². The molecule has 0 spiro atoms. The van der Waals surface area contributed by atoms with E-state index in [2.05, 4.69) is 24.3 Å². The van der Waals surface area contributed by atoms with Gasteiger partial charge in [0.25, 0.3) is 5.91 Å². The van der Waals surface area contributed by atoms with Crippen LogP contribution in [-0.2, 0) is 7.05 Å². The highest BCUT2D eigenvalue weighted by Gasteiger charge is 2.27. The molecule has 1 aliphatic heterocycles. The summed E-state index contributed by atoms with van der Waals surface area (Å²) in [5.41, 5.74) is 1.52. The van der Waals surface area contributed by atoms with E-state index in [1.54, 1.807) is 10.9 Å². The van der Waals surface area contributed by atoms with Crippen LogP contribution < -0.4 is 5.32 Å². The Kier molecular flexibility index (Phi) is 3.19. The van der Waals surface area contributed by atoms with E-state index in [-0.39, 0.29) is 5.91 Å². The molecule has 94 valence electrons. The van der Waals surface area contributed by atoms with Gasteiger partial charge in [0.1, 0.15) is 0 Å². The molecule has 2 rings (SSSR count). The zero-order valence-corrected chi connectivity index (χ0v) is 10.9. The second-order valence-corrected chi connectivity index (χ2v) is 4.98. The number of rotatable bonds is 1. The molecule has 2 unspecified atom stereocenters. The maximum absolute atomic E-state index is 12.4. The highest BCUT2D eigenvalue weighted by Crippen LogP contribution is 2.12. The van der Waals surface area contributed by atoms with Crippen LogP contribution in [0.3, 0.4) is 0 Å². The Bertz CT molecular complexity index is 416. The fourth-order valence-corrected chi connectivity index (χ4v) is 2.47. The van der Waals surface area contributed by atoms with Crippen LogP contribution in [0.2, 0.25) is 0 Å². The molecule has 1 aromatic heterocycles. The van der Waals surface area contributed by atoms with Crippen LogP contribution in [0.5, 0.6) is 0 Å². The predicted molar refractivity (Wildman–Crippen MR) is 65.9 cm³/mol. The average Bonchev–Trinajstić information content (AvgIpc) is 2.55. The van der Waals surface area contributed by atoms with Gasteiger partial charge >= 0.3 is 0 Å². The number of aryl methyl sites for hydroxylation is 2. The molecule has 2 atom stereocenters. The van der Waals surface area contributed by atoms with Gasteiger partial charge in [-0.2, -0.15) is 5.10 Å². The summed E-state index contributed by atoms with van der Waals surface area (Å²) in [6.07, 6.45) is 1.80. The quantitative estimate of drug-likeness (QED) is 0.774. The first-order chi connectivity index (χ1) is 7.97. The maximum Gasteiger partial charge on any atom is 0.257 e. The number of hydrogen-bond donors (Lipinski definition) is 1. The van der Waals surface area contributed by atoms with E-state index >= 15 is 0 Å². The molecule has 17 heavy (non-hydrogen) atoms. The zero-order chi connectivity index (χ0) is 12.6. The second-order valence-electron chi connectivity index (χ2n) is 4.98. The summed E-state index contributed by atoms with van der Waals surface area (Å²) in [7, 11) is 1.84. The summed E-state index contributed by atoms with van der Waals surface area (Å²) in [6.45, 7) is 7.61. The SMILES string of the molecule is Cc1nn(C)cc1C(=O)N1CC(C)NC(C)C1. The molecule has 0 bridgehead atoms. The number of piperazine rings is 1. The molecule has 0 aromatic carbocycles. The van der Waals surface area contributed by atoms with Crippen molar-refractivity contribution in [3.63, 3.8) is 0 Å². The third kappa shape index (κ3) is 2.49. The van der Waals surface area contributed by atoms with Gasteiger partial charge in [0.15, 0.2) is 0 Å². The number of nitrogens with one attached hydrogen (secondary N) is 1. The van der Waals surface area contributed by atoms with Crippen LogP contribution in [0.4, 0.5) is 0 Å². The van der Waals surface area contributed by atoms with Crippen molar-refractivity contribution in [1.29, 1.82) is 0 Å². The van der Waals surface area contributed by atoms with Crippen molar-refractivity contribution in [2.45, 2.75) is 32.9 Å². The Balaban J connectivity index is 2.17. The lowest BCUT2D eigenvalue weighted by atomic mass is 10.1. The zero-order valence-electron chi connectivity index (χ0n) is 10.9. The van der Waals surface area contributed by atoms with Crippen LogP contribution in [0.25, 0.3) is 0 Å². The highest BCUT2D eigenvalue weighted by atomic mass is 16.2. The molecule has 0 aliphatic carbocycles. The van der Waals surface area contributed by atoms with Gasteiger partial charge in [0.05, 0.1) is 11.3 Å². The summed E-state index contributed by atoms with van der Waals surface area (Å²) in [4.78, 5) is 14.3. The summed E-state index contributed by atoms with van der Waals surface area (Å²) >= 11 is 0. The van der Waals surface area contributed by atoms with E-state index < -0.39 is 0 Å². The Morgan fingerprint density at radius 3 is 2.47 bits per heavy atom. The molecule has 0 saturated carbocycles. The first-order valence-corrected chi connectivity index (χ1v) is 6.03. The molecule has 1 amide bonds. The van der Waals surface area contributed by atoms with E-state index in [9.17, 15) is 4.79 Å². The van der Waals surface area contributed by atoms with Crippen molar-refractivity contribution in [2.75, 3.05) is 13.1 Å². The number of carbonyl (C=O) groups excluding carboxylic acids is 1. The Morgan fingerprint density at radius 1 is 1.41 bits per heavy atom. The largest absolute Gasteiger partial charge is 0.335 e. The lowest BCUT2D eigenvalue weighted by Gasteiger charge is -2.36. The molecule has 2 heterocycles. The standard InChI is InChI=1S/C12H20N4O/c1-8-5-16(6-9(2)13-8)12(17)11-7-15(4)14-10(11)3/h7-9,13H,5-6H2,1-4H3. The predicted octanol–water partition coefficient (Wildman–Crippen LogP) is 0.551. The topological polar surface area (TPSA) is 50.2 Å². The first-order valence-electron chi connectivity index (χ1n) is 6.03. The van der Waals surface area contributed by atoms with E-state index in [1.165, 1.54) is 0 Å². The molecule has 1 aromatic rings. The molecule has 1 N–H and O–H groups in total. The van der Waals surface area contributed by atoms with Crippen LogP contribution in [0.15, 0.2) is 6.20 Å². The summed E-state index contributed by atoms with van der Waals surface area (Å²) in [5.74, 6) is 0.0933. The third-order valence-corrected chi connectivity index (χ3v) is 3.09. The summed E-state index contributed by atoms with van der Waals surface area (Å²) in [5, 5.41) is 7.64. The van der Waals surface area contributed by atoms with Crippen molar-refractivity contribution in [2.24, 2.45) is 7.05 Å². The number of amides is 1. The molecule has 5 nitrogen and oxygen atoms in total. The van der Waals surface area contributed by atoms with Crippen LogP contribution in [-0.4, -0.2) is 45.8 Å². The van der Waals surface area contributed by atoms with E-state index in [0.717, 1.165) is 18.8 Å². The molecule has 1 aliphatic rings. The number of nitrogens with zero attached hydrogens (tertiary/aromatic N) is 3. The fourth-order valence-electron chi connectivity index (χ4n) is 2.47. The molecule has 0 radical (unpaired) electrons. The lowest BCUT2D eigenvalue weighted by Crippen LogP contribution is -2.55. The third-order valence-electron chi connectivity index (χ3n) is 3.09. The Hall–Kier alpha value is -1.36. The van der Waals surface area contributed by atoms with Gasteiger partial charge < -0.3 is 10.2 Å². The van der Waals surface area contributed by atoms with Gasteiger partial charge in [-0.3, -0.25) is 9.48 Å². The van der Waals surface area contributed by atoms with Gasteiger partial charge in [-0.15, -0.1) is 0 Å². The minimum Gasteiger partial charge on any atom is -0.335 e.